The third-order valence-corrected chi connectivity index (χ3v) is 3.38. The van der Waals surface area contributed by atoms with E-state index in [2.05, 4.69) is 25.8 Å². The molecule has 1 heteroatoms. The third kappa shape index (κ3) is 2.22. The van der Waals surface area contributed by atoms with E-state index in [0.29, 0.717) is 5.41 Å². The van der Waals surface area contributed by atoms with Gasteiger partial charge in [-0.3, -0.25) is 0 Å². The van der Waals surface area contributed by atoms with Crippen LogP contribution in [-0.4, -0.2) is 25.0 Å². The van der Waals surface area contributed by atoms with Crippen LogP contribution in [0.5, 0.6) is 0 Å². The lowest BCUT2D eigenvalue weighted by molar-refractivity contribution is 0.0937. The minimum Gasteiger partial charge on any atom is -0.306 e. The lowest BCUT2D eigenvalue weighted by Gasteiger charge is -2.41. The van der Waals surface area contributed by atoms with E-state index in [-0.39, 0.29) is 0 Å². The summed E-state index contributed by atoms with van der Waals surface area (Å²) < 4.78 is 0. The van der Waals surface area contributed by atoms with Crippen molar-refractivity contribution in [3.63, 3.8) is 0 Å². The summed E-state index contributed by atoms with van der Waals surface area (Å²) in [5.74, 6) is 0. The summed E-state index contributed by atoms with van der Waals surface area (Å²) in [6.07, 6.45) is 7.01. The second-order valence-electron chi connectivity index (χ2n) is 4.44. The van der Waals surface area contributed by atoms with Gasteiger partial charge in [0.15, 0.2) is 0 Å². The molecule has 1 atom stereocenters. The maximum atomic E-state index is 2.50. The molecule has 12 heavy (non-hydrogen) atoms. The van der Waals surface area contributed by atoms with Crippen LogP contribution in [0.3, 0.4) is 0 Å². The van der Waals surface area contributed by atoms with Crippen LogP contribution in [0.2, 0.25) is 0 Å². The maximum absolute atomic E-state index is 2.50. The molecular weight excluding hydrogens is 146 g/mol. The molecular formula is C11H23N. The molecule has 0 bridgehead atoms. The van der Waals surface area contributed by atoms with E-state index in [1.54, 1.807) is 0 Å². The normalized spacial score (nSPS) is 32.2. The van der Waals surface area contributed by atoms with Crippen molar-refractivity contribution in [2.75, 3.05) is 20.1 Å². The fraction of sp³-hybridized carbons (Fsp3) is 1.00. The van der Waals surface area contributed by atoms with Crippen molar-refractivity contribution < 1.29 is 0 Å². The fourth-order valence-electron chi connectivity index (χ4n) is 2.65. The highest BCUT2D eigenvalue weighted by atomic mass is 15.1. The summed E-state index contributed by atoms with van der Waals surface area (Å²) in [5, 5.41) is 0. The number of nitrogens with zero attached hydrogens (tertiary/aromatic N) is 1. The van der Waals surface area contributed by atoms with Gasteiger partial charge in [-0.1, -0.05) is 20.3 Å². The molecule has 0 aliphatic carbocycles. The predicted molar refractivity (Wildman–Crippen MR) is 54.4 cm³/mol. The Bertz CT molecular complexity index is 129. The molecule has 1 nitrogen and oxygen atoms in total. The van der Waals surface area contributed by atoms with Crippen molar-refractivity contribution >= 4 is 0 Å². The Balaban J connectivity index is 2.51. The molecule has 0 N–H and O–H groups in total. The molecule has 0 radical (unpaired) electrons. The standard InChI is InChI=1S/C11H23N/c1-4-7-11(5-2)8-6-9-12(3)10-11/h4-10H2,1-3H3. The first-order chi connectivity index (χ1) is 5.72. The molecule has 1 saturated heterocycles. The van der Waals surface area contributed by atoms with Gasteiger partial charge in [0.05, 0.1) is 0 Å². The quantitative estimate of drug-likeness (QED) is 0.628. The molecule has 1 heterocycles. The van der Waals surface area contributed by atoms with E-state index in [9.17, 15) is 0 Å². The van der Waals surface area contributed by atoms with Gasteiger partial charge in [-0.05, 0) is 44.7 Å². The number of rotatable bonds is 3. The molecule has 1 aliphatic rings. The number of hydrogen-bond donors (Lipinski definition) is 0. The molecule has 1 rings (SSSR count). The number of hydrogen-bond acceptors (Lipinski definition) is 1. The van der Waals surface area contributed by atoms with Crippen LogP contribution in [-0.2, 0) is 0 Å². The highest BCUT2D eigenvalue weighted by Gasteiger charge is 2.31. The smallest absolute Gasteiger partial charge is 0.00348 e. The Morgan fingerprint density at radius 3 is 2.58 bits per heavy atom. The van der Waals surface area contributed by atoms with Gasteiger partial charge in [0.25, 0.3) is 0 Å². The summed E-state index contributed by atoms with van der Waals surface area (Å²) in [5.41, 5.74) is 0.668. The second-order valence-corrected chi connectivity index (χ2v) is 4.44. The highest BCUT2D eigenvalue weighted by Crippen LogP contribution is 2.36. The van der Waals surface area contributed by atoms with Gasteiger partial charge < -0.3 is 4.90 Å². The van der Waals surface area contributed by atoms with E-state index >= 15 is 0 Å². The zero-order valence-corrected chi connectivity index (χ0v) is 8.90. The first kappa shape index (κ1) is 10.0. The van der Waals surface area contributed by atoms with Crippen LogP contribution < -0.4 is 0 Å². The van der Waals surface area contributed by atoms with Crippen LogP contribution in [0, 0.1) is 5.41 Å². The second kappa shape index (κ2) is 4.27. The molecule has 1 unspecified atom stereocenters. The minimum absolute atomic E-state index is 0.668. The van der Waals surface area contributed by atoms with Gasteiger partial charge in [0.2, 0.25) is 0 Å². The molecule has 1 fully saturated rings. The molecule has 0 aromatic carbocycles. The van der Waals surface area contributed by atoms with Gasteiger partial charge >= 0.3 is 0 Å². The largest absolute Gasteiger partial charge is 0.306 e. The Labute approximate surface area is 77.1 Å². The van der Waals surface area contributed by atoms with Gasteiger partial charge in [-0.2, -0.15) is 0 Å². The summed E-state index contributed by atoms with van der Waals surface area (Å²) >= 11 is 0. The molecule has 0 saturated carbocycles. The zero-order valence-electron chi connectivity index (χ0n) is 8.90. The Kier molecular flexibility index (Phi) is 3.57. The van der Waals surface area contributed by atoms with Gasteiger partial charge in [0, 0.05) is 6.54 Å². The van der Waals surface area contributed by atoms with Gasteiger partial charge in [-0.15, -0.1) is 0 Å². The third-order valence-electron chi connectivity index (χ3n) is 3.38. The van der Waals surface area contributed by atoms with Crippen molar-refractivity contribution in [3.8, 4) is 0 Å². The van der Waals surface area contributed by atoms with Crippen LogP contribution in [0.1, 0.15) is 46.0 Å². The molecule has 72 valence electrons. The van der Waals surface area contributed by atoms with Crippen LogP contribution >= 0.6 is 0 Å². The summed E-state index contributed by atoms with van der Waals surface area (Å²) in [6, 6.07) is 0. The van der Waals surface area contributed by atoms with E-state index in [1.807, 2.05) is 0 Å². The SMILES string of the molecule is CCCC1(CC)CCCN(C)C1. The molecule has 0 amide bonds. The summed E-state index contributed by atoms with van der Waals surface area (Å²) in [4.78, 5) is 2.50. The molecule has 1 aliphatic heterocycles. The van der Waals surface area contributed by atoms with Crippen molar-refractivity contribution in [3.05, 3.63) is 0 Å². The van der Waals surface area contributed by atoms with Crippen molar-refractivity contribution in [2.45, 2.75) is 46.0 Å². The first-order valence-corrected chi connectivity index (χ1v) is 5.41. The van der Waals surface area contributed by atoms with E-state index in [0.717, 1.165) is 0 Å². The van der Waals surface area contributed by atoms with Crippen LogP contribution in [0.25, 0.3) is 0 Å². The average Bonchev–Trinajstić information content (AvgIpc) is 2.05. The number of likely N-dealkylation sites (tertiary alicyclic amines) is 1. The lowest BCUT2D eigenvalue weighted by atomic mass is 9.74. The number of piperidine rings is 1. The summed E-state index contributed by atoms with van der Waals surface area (Å²) in [7, 11) is 2.26. The van der Waals surface area contributed by atoms with Crippen LogP contribution in [0.4, 0.5) is 0 Å². The minimum atomic E-state index is 0.668. The van der Waals surface area contributed by atoms with Gasteiger partial charge in [-0.25, -0.2) is 0 Å². The average molecular weight is 169 g/mol. The first-order valence-electron chi connectivity index (χ1n) is 5.41. The molecule has 0 aromatic rings. The van der Waals surface area contributed by atoms with Gasteiger partial charge in [0.1, 0.15) is 0 Å². The van der Waals surface area contributed by atoms with E-state index in [1.165, 1.54) is 45.2 Å². The Hall–Kier alpha value is -0.0400. The van der Waals surface area contributed by atoms with E-state index in [4.69, 9.17) is 0 Å². The van der Waals surface area contributed by atoms with Crippen molar-refractivity contribution in [1.82, 2.24) is 4.90 Å². The molecule has 0 aromatic heterocycles. The van der Waals surface area contributed by atoms with Crippen molar-refractivity contribution in [1.29, 1.82) is 0 Å². The highest BCUT2D eigenvalue weighted by molar-refractivity contribution is 4.84. The lowest BCUT2D eigenvalue weighted by Crippen LogP contribution is -2.40. The predicted octanol–water partition coefficient (Wildman–Crippen LogP) is 2.91. The monoisotopic (exact) mass is 169 g/mol. The Morgan fingerprint density at radius 2 is 2.08 bits per heavy atom. The zero-order chi connectivity index (χ0) is 9.03. The van der Waals surface area contributed by atoms with Crippen molar-refractivity contribution in [2.24, 2.45) is 5.41 Å². The summed E-state index contributed by atoms with van der Waals surface area (Å²) in [6.45, 7) is 7.31. The maximum Gasteiger partial charge on any atom is 0.00348 e. The van der Waals surface area contributed by atoms with E-state index < -0.39 is 0 Å². The van der Waals surface area contributed by atoms with Crippen LogP contribution in [0.15, 0.2) is 0 Å². The molecule has 0 spiro atoms. The Morgan fingerprint density at radius 1 is 1.33 bits per heavy atom. The topological polar surface area (TPSA) is 3.24 Å². The fourth-order valence-corrected chi connectivity index (χ4v) is 2.65.